The van der Waals surface area contributed by atoms with E-state index in [1.165, 1.54) is 0 Å². The Hall–Kier alpha value is -0.130. The fourth-order valence-corrected chi connectivity index (χ4v) is 3.57. The molecule has 0 spiro atoms. The zero-order valence-corrected chi connectivity index (χ0v) is 10.8. The summed E-state index contributed by atoms with van der Waals surface area (Å²) in [6.45, 7) is 1.97. The van der Waals surface area contributed by atoms with Crippen molar-refractivity contribution < 1.29 is 13.5 Å². The van der Waals surface area contributed by atoms with Gasteiger partial charge in [-0.15, -0.1) is 0 Å². The predicted octanol–water partition coefficient (Wildman–Crippen LogP) is 1.40. The summed E-state index contributed by atoms with van der Waals surface area (Å²) in [4.78, 5) is 0. The van der Waals surface area contributed by atoms with Crippen LogP contribution < -0.4 is 4.72 Å². The van der Waals surface area contributed by atoms with Crippen molar-refractivity contribution in [2.45, 2.75) is 64.0 Å². The molecule has 2 atom stereocenters. The van der Waals surface area contributed by atoms with Crippen LogP contribution in [0.2, 0.25) is 0 Å². The van der Waals surface area contributed by atoms with Crippen molar-refractivity contribution in [2.75, 3.05) is 5.75 Å². The van der Waals surface area contributed by atoms with Crippen LogP contribution in [0.4, 0.5) is 0 Å². The van der Waals surface area contributed by atoms with E-state index in [0.717, 1.165) is 32.1 Å². The number of aliphatic hydroxyl groups is 1. The number of unbranched alkanes of at least 4 members (excludes halogenated alkanes) is 1. The van der Waals surface area contributed by atoms with Crippen molar-refractivity contribution in [1.82, 2.24) is 4.72 Å². The Bertz CT molecular complexity index is 290. The van der Waals surface area contributed by atoms with Crippen molar-refractivity contribution in [2.24, 2.45) is 0 Å². The first-order valence-corrected chi connectivity index (χ1v) is 7.88. The first-order chi connectivity index (χ1) is 7.55. The summed E-state index contributed by atoms with van der Waals surface area (Å²) >= 11 is 0. The average Bonchev–Trinajstić information content (AvgIpc) is 2.41. The molecule has 0 saturated heterocycles. The Morgan fingerprint density at radius 3 is 2.62 bits per heavy atom. The van der Waals surface area contributed by atoms with Crippen LogP contribution in [0.1, 0.15) is 51.9 Å². The second-order valence-corrected chi connectivity index (χ2v) is 6.48. The van der Waals surface area contributed by atoms with Crippen molar-refractivity contribution in [3.05, 3.63) is 0 Å². The van der Waals surface area contributed by atoms with E-state index in [9.17, 15) is 13.5 Å². The summed E-state index contributed by atoms with van der Waals surface area (Å²) < 4.78 is 26.0. The Labute approximate surface area is 98.5 Å². The van der Waals surface area contributed by atoms with Gasteiger partial charge in [0.25, 0.3) is 0 Å². The zero-order valence-electron chi connectivity index (χ0n) is 9.98. The van der Waals surface area contributed by atoms with Gasteiger partial charge in [0.15, 0.2) is 0 Å². The van der Waals surface area contributed by atoms with Crippen molar-refractivity contribution >= 4 is 10.0 Å². The highest BCUT2D eigenvalue weighted by atomic mass is 32.2. The van der Waals surface area contributed by atoms with Crippen LogP contribution in [0, 0.1) is 0 Å². The van der Waals surface area contributed by atoms with E-state index in [4.69, 9.17) is 0 Å². The van der Waals surface area contributed by atoms with Crippen LogP contribution in [0.5, 0.6) is 0 Å². The van der Waals surface area contributed by atoms with Gasteiger partial charge in [-0.25, -0.2) is 13.1 Å². The fraction of sp³-hybridized carbons (Fsp3) is 1.00. The van der Waals surface area contributed by atoms with Gasteiger partial charge in [0.05, 0.1) is 11.9 Å². The SMILES string of the molecule is CCCCS(=O)(=O)NC1CCCCCC1O. The molecule has 96 valence electrons. The Kier molecular flexibility index (Phi) is 5.72. The van der Waals surface area contributed by atoms with E-state index >= 15 is 0 Å². The summed E-state index contributed by atoms with van der Waals surface area (Å²) in [5.41, 5.74) is 0. The molecular formula is C11H23NO3S. The summed E-state index contributed by atoms with van der Waals surface area (Å²) in [5, 5.41) is 9.81. The average molecular weight is 249 g/mol. The maximum absolute atomic E-state index is 11.7. The monoisotopic (exact) mass is 249 g/mol. The number of hydrogen-bond donors (Lipinski definition) is 2. The highest BCUT2D eigenvalue weighted by molar-refractivity contribution is 7.89. The lowest BCUT2D eigenvalue weighted by atomic mass is 10.1. The molecule has 1 saturated carbocycles. The fourth-order valence-electron chi connectivity index (χ4n) is 2.05. The zero-order chi connectivity index (χ0) is 12.0. The predicted molar refractivity (Wildman–Crippen MR) is 64.7 cm³/mol. The molecule has 0 heterocycles. The first-order valence-electron chi connectivity index (χ1n) is 6.23. The van der Waals surface area contributed by atoms with Crippen LogP contribution in [0.3, 0.4) is 0 Å². The quantitative estimate of drug-likeness (QED) is 0.724. The van der Waals surface area contributed by atoms with Gasteiger partial charge in [0.2, 0.25) is 10.0 Å². The van der Waals surface area contributed by atoms with Gasteiger partial charge in [-0.05, 0) is 19.3 Å². The number of nitrogens with one attached hydrogen (secondary N) is 1. The number of rotatable bonds is 5. The van der Waals surface area contributed by atoms with E-state index in [1.807, 2.05) is 6.92 Å². The van der Waals surface area contributed by atoms with Gasteiger partial charge in [-0.2, -0.15) is 0 Å². The van der Waals surface area contributed by atoms with Crippen LogP contribution in [-0.4, -0.2) is 31.4 Å². The van der Waals surface area contributed by atoms with Gasteiger partial charge in [-0.3, -0.25) is 0 Å². The van der Waals surface area contributed by atoms with Crippen LogP contribution in [0.15, 0.2) is 0 Å². The minimum absolute atomic E-state index is 0.173. The molecule has 0 aliphatic heterocycles. The lowest BCUT2D eigenvalue weighted by Gasteiger charge is -2.21. The standard InChI is InChI=1S/C11H23NO3S/c1-2-3-9-16(14,15)12-10-7-5-4-6-8-11(10)13/h10-13H,2-9H2,1H3. The van der Waals surface area contributed by atoms with Gasteiger partial charge in [0.1, 0.15) is 0 Å². The molecule has 1 aliphatic rings. The smallest absolute Gasteiger partial charge is 0.211 e. The third kappa shape index (κ3) is 4.80. The summed E-state index contributed by atoms with van der Waals surface area (Å²) in [7, 11) is -3.20. The Morgan fingerprint density at radius 1 is 1.25 bits per heavy atom. The largest absolute Gasteiger partial charge is 0.391 e. The molecular weight excluding hydrogens is 226 g/mol. The van der Waals surface area contributed by atoms with E-state index in [-0.39, 0.29) is 11.8 Å². The molecule has 0 aromatic carbocycles. The Morgan fingerprint density at radius 2 is 1.94 bits per heavy atom. The van der Waals surface area contributed by atoms with Crippen molar-refractivity contribution in [3.63, 3.8) is 0 Å². The van der Waals surface area contributed by atoms with Crippen molar-refractivity contribution in [3.8, 4) is 0 Å². The molecule has 2 N–H and O–H groups in total. The summed E-state index contributed by atoms with van der Waals surface area (Å²) in [5.74, 6) is 0.173. The van der Waals surface area contributed by atoms with Gasteiger partial charge in [0, 0.05) is 6.04 Å². The number of aliphatic hydroxyl groups excluding tert-OH is 1. The summed E-state index contributed by atoms with van der Waals surface area (Å²) in [6, 6.07) is -0.274. The van der Waals surface area contributed by atoms with E-state index in [1.54, 1.807) is 0 Å². The van der Waals surface area contributed by atoms with E-state index in [2.05, 4.69) is 4.72 Å². The molecule has 1 aliphatic carbocycles. The highest BCUT2D eigenvalue weighted by Crippen LogP contribution is 2.18. The molecule has 0 aromatic rings. The van der Waals surface area contributed by atoms with Gasteiger partial charge >= 0.3 is 0 Å². The van der Waals surface area contributed by atoms with E-state index < -0.39 is 16.1 Å². The molecule has 0 bridgehead atoms. The second-order valence-electron chi connectivity index (χ2n) is 4.60. The molecule has 1 fully saturated rings. The molecule has 4 nitrogen and oxygen atoms in total. The van der Waals surface area contributed by atoms with Gasteiger partial charge in [-0.1, -0.05) is 32.6 Å². The van der Waals surface area contributed by atoms with E-state index in [0.29, 0.717) is 12.8 Å². The van der Waals surface area contributed by atoms with Crippen molar-refractivity contribution in [1.29, 1.82) is 0 Å². The lowest BCUT2D eigenvalue weighted by molar-refractivity contribution is 0.130. The second kappa shape index (κ2) is 6.57. The molecule has 16 heavy (non-hydrogen) atoms. The first kappa shape index (κ1) is 13.9. The number of hydrogen-bond acceptors (Lipinski definition) is 3. The van der Waals surface area contributed by atoms with Gasteiger partial charge < -0.3 is 5.11 Å². The minimum Gasteiger partial charge on any atom is -0.391 e. The maximum Gasteiger partial charge on any atom is 0.211 e. The van der Waals surface area contributed by atoms with Crippen LogP contribution >= 0.6 is 0 Å². The van der Waals surface area contributed by atoms with Crippen LogP contribution in [-0.2, 0) is 10.0 Å². The highest BCUT2D eigenvalue weighted by Gasteiger charge is 2.25. The molecule has 0 amide bonds. The lowest BCUT2D eigenvalue weighted by Crippen LogP contribution is -2.43. The molecule has 5 heteroatoms. The normalized spacial score (nSPS) is 27.6. The Balaban J connectivity index is 2.50. The third-order valence-electron chi connectivity index (χ3n) is 3.08. The minimum atomic E-state index is -3.20. The molecule has 2 unspecified atom stereocenters. The third-order valence-corrected chi connectivity index (χ3v) is 4.57. The van der Waals surface area contributed by atoms with Crippen LogP contribution in [0.25, 0.3) is 0 Å². The maximum atomic E-state index is 11.7. The summed E-state index contributed by atoms with van der Waals surface area (Å²) in [6.07, 6.45) is 5.58. The molecule has 1 rings (SSSR count). The molecule has 0 radical (unpaired) electrons. The topological polar surface area (TPSA) is 66.4 Å². The molecule has 0 aromatic heterocycles. The number of sulfonamides is 1.